The van der Waals surface area contributed by atoms with Crippen LogP contribution < -0.4 is 0 Å². The van der Waals surface area contributed by atoms with Crippen LogP contribution in [0.15, 0.2) is 16.6 Å². The Morgan fingerprint density at radius 3 is 2.14 bits per heavy atom. The molecule has 0 saturated heterocycles. The highest BCUT2D eigenvalue weighted by Crippen LogP contribution is 2.27. The van der Waals surface area contributed by atoms with Crippen LogP contribution in [0.2, 0.25) is 0 Å². The number of alkyl halides is 1. The Bertz CT molecular complexity index is 358. The van der Waals surface area contributed by atoms with Gasteiger partial charge in [-0.3, -0.25) is 0 Å². The minimum Gasteiger partial charge on any atom is -0.479 e. The van der Waals surface area contributed by atoms with Crippen molar-refractivity contribution in [3.8, 4) is 0 Å². The molecule has 1 rings (SSSR count). The number of aliphatic carboxylic acids is 1. The zero-order chi connectivity index (χ0) is 10.9. The third kappa shape index (κ3) is 2.06. The molecule has 1 unspecified atom stereocenters. The van der Waals surface area contributed by atoms with Gasteiger partial charge in [0.25, 0.3) is 0 Å². The van der Waals surface area contributed by atoms with E-state index in [1.807, 2.05) is 0 Å². The molecule has 0 heterocycles. The van der Waals surface area contributed by atoms with Gasteiger partial charge in [-0.2, -0.15) is 0 Å². The summed E-state index contributed by atoms with van der Waals surface area (Å²) in [6.07, 6.45) is -2.69. The van der Waals surface area contributed by atoms with Gasteiger partial charge in [-0.25, -0.2) is 18.0 Å². The van der Waals surface area contributed by atoms with Crippen LogP contribution in [0, 0.1) is 11.6 Å². The average molecular weight is 269 g/mol. The molecule has 14 heavy (non-hydrogen) atoms. The summed E-state index contributed by atoms with van der Waals surface area (Å²) in [7, 11) is 0. The highest BCUT2D eigenvalue weighted by atomic mass is 79.9. The summed E-state index contributed by atoms with van der Waals surface area (Å²) in [5.74, 6) is -4.39. The Morgan fingerprint density at radius 2 is 1.79 bits per heavy atom. The number of carboxylic acid groups (broad SMARTS) is 1. The van der Waals surface area contributed by atoms with Crippen molar-refractivity contribution in [2.45, 2.75) is 6.17 Å². The van der Waals surface area contributed by atoms with Crippen molar-refractivity contribution >= 4 is 21.9 Å². The zero-order valence-corrected chi connectivity index (χ0v) is 8.19. The molecule has 0 bridgehead atoms. The van der Waals surface area contributed by atoms with Crippen LogP contribution in [-0.4, -0.2) is 11.1 Å². The van der Waals surface area contributed by atoms with E-state index in [-0.39, 0.29) is 4.47 Å². The molecule has 1 atom stereocenters. The van der Waals surface area contributed by atoms with Crippen molar-refractivity contribution in [3.05, 3.63) is 33.8 Å². The van der Waals surface area contributed by atoms with Crippen molar-refractivity contribution in [3.63, 3.8) is 0 Å². The minimum absolute atomic E-state index is 0.0776. The van der Waals surface area contributed by atoms with Crippen LogP contribution in [0.3, 0.4) is 0 Å². The summed E-state index contributed by atoms with van der Waals surface area (Å²) in [5, 5.41) is 8.23. The van der Waals surface area contributed by atoms with Gasteiger partial charge in [0.2, 0.25) is 6.17 Å². The molecule has 1 N–H and O–H groups in total. The first-order chi connectivity index (χ1) is 6.43. The molecular formula is C8H4BrF3O2. The van der Waals surface area contributed by atoms with E-state index in [2.05, 4.69) is 15.9 Å². The largest absolute Gasteiger partial charge is 0.479 e. The lowest BCUT2D eigenvalue weighted by molar-refractivity contribution is -0.143. The van der Waals surface area contributed by atoms with Crippen molar-refractivity contribution in [1.29, 1.82) is 0 Å². The fourth-order valence-electron chi connectivity index (χ4n) is 0.919. The number of hydrogen-bond donors (Lipinski definition) is 1. The van der Waals surface area contributed by atoms with Crippen LogP contribution in [0.25, 0.3) is 0 Å². The quantitative estimate of drug-likeness (QED) is 0.896. The molecule has 76 valence electrons. The summed E-state index contributed by atoms with van der Waals surface area (Å²) in [6.45, 7) is 0. The second-order valence-electron chi connectivity index (χ2n) is 2.48. The molecule has 0 spiro atoms. The second kappa shape index (κ2) is 4.00. The Morgan fingerprint density at radius 1 is 1.36 bits per heavy atom. The lowest BCUT2D eigenvalue weighted by Crippen LogP contribution is -2.10. The Hall–Kier alpha value is -1.04. The molecule has 0 aliphatic carbocycles. The normalized spacial score (nSPS) is 12.6. The molecule has 0 aliphatic heterocycles. The lowest BCUT2D eigenvalue weighted by Gasteiger charge is -2.06. The Labute approximate surface area is 85.5 Å². The van der Waals surface area contributed by atoms with E-state index >= 15 is 0 Å². The molecule has 6 heteroatoms. The number of benzene rings is 1. The maximum absolute atomic E-state index is 12.9. The van der Waals surface area contributed by atoms with E-state index < -0.39 is 29.3 Å². The molecule has 1 aromatic rings. The van der Waals surface area contributed by atoms with Crippen molar-refractivity contribution in [1.82, 2.24) is 0 Å². The van der Waals surface area contributed by atoms with Gasteiger partial charge in [-0.1, -0.05) is 15.9 Å². The maximum Gasteiger partial charge on any atom is 0.343 e. The molecule has 0 amide bonds. The smallest absolute Gasteiger partial charge is 0.343 e. The summed E-state index contributed by atoms with van der Waals surface area (Å²) < 4.78 is 38.8. The molecule has 0 aromatic heterocycles. The predicted molar refractivity (Wildman–Crippen MR) is 45.5 cm³/mol. The van der Waals surface area contributed by atoms with E-state index in [0.29, 0.717) is 0 Å². The second-order valence-corrected chi connectivity index (χ2v) is 3.40. The van der Waals surface area contributed by atoms with Crippen LogP contribution >= 0.6 is 15.9 Å². The van der Waals surface area contributed by atoms with Crippen LogP contribution in [-0.2, 0) is 4.79 Å². The molecule has 1 aromatic carbocycles. The summed E-state index contributed by atoms with van der Waals surface area (Å²) in [4.78, 5) is 10.2. The number of carboxylic acids is 1. The number of halogens is 4. The average Bonchev–Trinajstić information content (AvgIpc) is 2.01. The standard InChI is InChI=1S/C8H4BrF3O2/c9-3-1-4(10)6(5(11)2-3)7(12)8(13)14/h1-2,7H,(H,13,14). The van der Waals surface area contributed by atoms with Crippen LogP contribution in [0.4, 0.5) is 13.2 Å². The lowest BCUT2D eigenvalue weighted by atomic mass is 10.1. The van der Waals surface area contributed by atoms with Gasteiger partial charge in [0.15, 0.2) is 0 Å². The summed E-state index contributed by atoms with van der Waals surface area (Å²) in [6, 6.07) is 1.60. The number of rotatable bonds is 2. The van der Waals surface area contributed by atoms with E-state index in [1.165, 1.54) is 0 Å². The molecule has 0 radical (unpaired) electrons. The van der Waals surface area contributed by atoms with Gasteiger partial charge >= 0.3 is 5.97 Å². The van der Waals surface area contributed by atoms with Crippen LogP contribution in [0.1, 0.15) is 11.7 Å². The number of carbonyl (C=O) groups is 1. The highest BCUT2D eigenvalue weighted by molar-refractivity contribution is 9.10. The van der Waals surface area contributed by atoms with E-state index in [4.69, 9.17) is 5.11 Å². The van der Waals surface area contributed by atoms with Gasteiger partial charge < -0.3 is 5.11 Å². The first kappa shape index (κ1) is 11.0. The summed E-state index contributed by atoms with van der Waals surface area (Å²) >= 11 is 2.78. The monoisotopic (exact) mass is 268 g/mol. The van der Waals surface area contributed by atoms with Gasteiger partial charge in [-0.05, 0) is 12.1 Å². The van der Waals surface area contributed by atoms with E-state index in [9.17, 15) is 18.0 Å². The zero-order valence-electron chi connectivity index (χ0n) is 6.60. The molecule has 0 aliphatic rings. The van der Waals surface area contributed by atoms with Gasteiger partial charge in [0, 0.05) is 4.47 Å². The Balaban J connectivity index is 3.27. The van der Waals surface area contributed by atoms with Gasteiger partial charge in [-0.15, -0.1) is 0 Å². The molecule has 2 nitrogen and oxygen atoms in total. The Kier molecular flexibility index (Phi) is 3.15. The molecule has 0 saturated carbocycles. The van der Waals surface area contributed by atoms with Crippen molar-refractivity contribution in [2.75, 3.05) is 0 Å². The fourth-order valence-corrected chi connectivity index (χ4v) is 1.32. The predicted octanol–water partition coefficient (Wildman–Crippen LogP) is 2.82. The molecule has 0 fully saturated rings. The molecular weight excluding hydrogens is 265 g/mol. The van der Waals surface area contributed by atoms with Crippen molar-refractivity contribution < 1.29 is 23.1 Å². The highest BCUT2D eigenvalue weighted by Gasteiger charge is 2.26. The topological polar surface area (TPSA) is 37.3 Å². The van der Waals surface area contributed by atoms with Gasteiger partial charge in [0.05, 0.1) is 5.56 Å². The van der Waals surface area contributed by atoms with E-state index in [1.54, 1.807) is 0 Å². The SMILES string of the molecule is O=C(O)C(F)c1c(F)cc(Br)cc1F. The third-order valence-electron chi connectivity index (χ3n) is 1.51. The fraction of sp³-hybridized carbons (Fsp3) is 0.125. The first-order valence-electron chi connectivity index (χ1n) is 3.44. The summed E-state index contributed by atoms with van der Waals surface area (Å²) in [5.41, 5.74) is -1.08. The maximum atomic E-state index is 12.9. The minimum atomic E-state index is -2.69. The first-order valence-corrected chi connectivity index (χ1v) is 4.24. The van der Waals surface area contributed by atoms with E-state index in [0.717, 1.165) is 12.1 Å². The van der Waals surface area contributed by atoms with Gasteiger partial charge in [0.1, 0.15) is 11.6 Å². The number of hydrogen-bond acceptors (Lipinski definition) is 1. The third-order valence-corrected chi connectivity index (χ3v) is 1.97. The van der Waals surface area contributed by atoms with Crippen molar-refractivity contribution in [2.24, 2.45) is 0 Å². The van der Waals surface area contributed by atoms with Crippen LogP contribution in [0.5, 0.6) is 0 Å².